The maximum atomic E-state index is 12.2. The molecule has 0 saturated heterocycles. The van der Waals surface area contributed by atoms with Gasteiger partial charge in [-0.3, -0.25) is 9.59 Å². The van der Waals surface area contributed by atoms with E-state index in [0.717, 1.165) is 5.56 Å². The number of rotatable bonds is 3. The first kappa shape index (κ1) is 14.6. The Labute approximate surface area is 125 Å². The fourth-order valence-corrected chi connectivity index (χ4v) is 2.10. The van der Waals surface area contributed by atoms with Crippen molar-refractivity contribution in [1.82, 2.24) is 9.88 Å². The number of amides is 1. The zero-order valence-corrected chi connectivity index (χ0v) is 12.2. The van der Waals surface area contributed by atoms with Gasteiger partial charge in [0.1, 0.15) is 0 Å². The molecule has 1 N–H and O–H groups in total. The lowest BCUT2D eigenvalue weighted by Gasteiger charge is -2.17. The average molecular weight is 311 g/mol. The van der Waals surface area contributed by atoms with Crippen LogP contribution in [0.25, 0.3) is 0 Å². The van der Waals surface area contributed by atoms with E-state index in [1.807, 2.05) is 0 Å². The lowest BCUT2D eigenvalue weighted by molar-refractivity contribution is 0.0785. The summed E-state index contributed by atoms with van der Waals surface area (Å²) in [5.74, 6) is -0.234. The maximum absolute atomic E-state index is 12.2. The van der Waals surface area contributed by atoms with Crippen molar-refractivity contribution in [3.63, 3.8) is 0 Å². The lowest BCUT2D eigenvalue weighted by atomic mass is 10.2. The highest BCUT2D eigenvalue weighted by atomic mass is 35.5. The molecule has 2 aromatic rings. The van der Waals surface area contributed by atoms with Gasteiger partial charge in [-0.25, -0.2) is 0 Å². The van der Waals surface area contributed by atoms with Crippen LogP contribution in [0.2, 0.25) is 10.0 Å². The van der Waals surface area contributed by atoms with Gasteiger partial charge in [0.25, 0.3) is 5.91 Å². The highest BCUT2D eigenvalue weighted by molar-refractivity contribution is 6.42. The van der Waals surface area contributed by atoms with Crippen LogP contribution in [0.3, 0.4) is 0 Å². The van der Waals surface area contributed by atoms with E-state index in [-0.39, 0.29) is 11.5 Å². The summed E-state index contributed by atoms with van der Waals surface area (Å²) in [6, 6.07) is 8.04. The number of benzene rings is 1. The van der Waals surface area contributed by atoms with E-state index in [1.54, 1.807) is 31.3 Å². The second-order valence-electron chi connectivity index (χ2n) is 4.35. The summed E-state index contributed by atoms with van der Waals surface area (Å²) in [7, 11) is 1.66. The number of aromatic nitrogens is 1. The molecule has 0 aliphatic heterocycles. The number of hydrogen-bond donors (Lipinski definition) is 1. The molecular weight excluding hydrogens is 299 g/mol. The molecular formula is C14H12Cl2N2O2. The number of pyridine rings is 1. The Hall–Kier alpha value is -1.78. The van der Waals surface area contributed by atoms with Crippen LogP contribution < -0.4 is 5.56 Å². The SMILES string of the molecule is CN(Cc1ccc(Cl)c(Cl)c1)C(=O)c1cc[nH]c(=O)c1. The minimum absolute atomic E-state index is 0.234. The molecule has 104 valence electrons. The van der Waals surface area contributed by atoms with E-state index in [1.165, 1.54) is 17.2 Å². The van der Waals surface area contributed by atoms with Gasteiger partial charge in [0, 0.05) is 31.4 Å². The molecule has 0 aliphatic carbocycles. The van der Waals surface area contributed by atoms with Crippen LogP contribution in [0, 0.1) is 0 Å². The van der Waals surface area contributed by atoms with Crippen LogP contribution in [-0.2, 0) is 6.54 Å². The van der Waals surface area contributed by atoms with E-state index in [9.17, 15) is 9.59 Å². The monoisotopic (exact) mass is 310 g/mol. The van der Waals surface area contributed by atoms with E-state index in [2.05, 4.69) is 4.98 Å². The van der Waals surface area contributed by atoms with Crippen LogP contribution >= 0.6 is 23.2 Å². The first-order valence-corrected chi connectivity index (χ1v) is 6.61. The smallest absolute Gasteiger partial charge is 0.254 e. The van der Waals surface area contributed by atoms with Crippen molar-refractivity contribution in [3.05, 3.63) is 68.1 Å². The summed E-state index contributed by atoms with van der Waals surface area (Å²) in [4.78, 5) is 27.3. The van der Waals surface area contributed by atoms with Crippen molar-refractivity contribution in [1.29, 1.82) is 0 Å². The van der Waals surface area contributed by atoms with Crippen molar-refractivity contribution in [3.8, 4) is 0 Å². The molecule has 1 aromatic carbocycles. The maximum Gasteiger partial charge on any atom is 0.254 e. The van der Waals surface area contributed by atoms with Crippen molar-refractivity contribution < 1.29 is 4.79 Å². The molecule has 0 radical (unpaired) electrons. The fourth-order valence-electron chi connectivity index (χ4n) is 1.78. The van der Waals surface area contributed by atoms with Crippen molar-refractivity contribution >= 4 is 29.1 Å². The zero-order valence-electron chi connectivity index (χ0n) is 10.7. The minimum Gasteiger partial charge on any atom is -0.337 e. The summed E-state index contributed by atoms with van der Waals surface area (Å²) >= 11 is 11.8. The summed E-state index contributed by atoms with van der Waals surface area (Å²) in [6.07, 6.45) is 1.45. The highest BCUT2D eigenvalue weighted by Crippen LogP contribution is 2.23. The Morgan fingerprint density at radius 2 is 1.95 bits per heavy atom. The zero-order chi connectivity index (χ0) is 14.7. The van der Waals surface area contributed by atoms with Gasteiger partial charge in [0.05, 0.1) is 10.0 Å². The van der Waals surface area contributed by atoms with Crippen LogP contribution in [0.5, 0.6) is 0 Å². The summed E-state index contributed by atoms with van der Waals surface area (Å²) in [5.41, 5.74) is 0.898. The van der Waals surface area contributed by atoms with E-state index >= 15 is 0 Å². The number of halogens is 2. The third-order valence-electron chi connectivity index (χ3n) is 2.77. The molecule has 0 fully saturated rings. The molecule has 0 spiro atoms. The molecule has 6 heteroatoms. The number of carbonyl (C=O) groups excluding carboxylic acids is 1. The highest BCUT2D eigenvalue weighted by Gasteiger charge is 2.12. The first-order valence-electron chi connectivity index (χ1n) is 5.85. The van der Waals surface area contributed by atoms with E-state index < -0.39 is 0 Å². The summed E-state index contributed by atoms with van der Waals surface area (Å²) in [5, 5.41) is 0.917. The average Bonchev–Trinajstić information content (AvgIpc) is 2.42. The second kappa shape index (κ2) is 6.11. The Bertz CT molecular complexity index is 698. The Kier molecular flexibility index (Phi) is 4.47. The number of H-pyrrole nitrogens is 1. The number of nitrogens with one attached hydrogen (secondary N) is 1. The summed E-state index contributed by atoms with van der Waals surface area (Å²) in [6.45, 7) is 0.378. The molecule has 20 heavy (non-hydrogen) atoms. The molecule has 2 rings (SSSR count). The van der Waals surface area contributed by atoms with Gasteiger partial charge in [-0.05, 0) is 23.8 Å². The third-order valence-corrected chi connectivity index (χ3v) is 3.51. The lowest BCUT2D eigenvalue weighted by Crippen LogP contribution is -2.27. The normalized spacial score (nSPS) is 10.3. The molecule has 0 unspecified atom stereocenters. The largest absolute Gasteiger partial charge is 0.337 e. The molecule has 0 bridgehead atoms. The van der Waals surface area contributed by atoms with Gasteiger partial charge in [0.15, 0.2) is 0 Å². The third kappa shape index (κ3) is 3.40. The van der Waals surface area contributed by atoms with Crippen LogP contribution in [0.4, 0.5) is 0 Å². The van der Waals surface area contributed by atoms with Gasteiger partial charge in [-0.2, -0.15) is 0 Å². The van der Waals surface area contributed by atoms with E-state index in [0.29, 0.717) is 22.2 Å². The molecule has 0 saturated carbocycles. The van der Waals surface area contributed by atoms with Crippen molar-refractivity contribution in [2.75, 3.05) is 7.05 Å². The Balaban J connectivity index is 2.15. The first-order chi connectivity index (χ1) is 9.47. The molecule has 1 aromatic heterocycles. The predicted molar refractivity (Wildman–Crippen MR) is 79.3 cm³/mol. The van der Waals surface area contributed by atoms with Gasteiger partial charge in [0.2, 0.25) is 5.56 Å². The molecule has 1 amide bonds. The predicted octanol–water partition coefficient (Wildman–Crippen LogP) is 2.95. The van der Waals surface area contributed by atoms with Gasteiger partial charge in [-0.1, -0.05) is 29.3 Å². The summed E-state index contributed by atoms with van der Waals surface area (Å²) < 4.78 is 0. The van der Waals surface area contributed by atoms with Crippen LogP contribution in [-0.4, -0.2) is 22.8 Å². The number of hydrogen-bond acceptors (Lipinski definition) is 2. The van der Waals surface area contributed by atoms with Gasteiger partial charge < -0.3 is 9.88 Å². The number of nitrogens with zero attached hydrogens (tertiary/aromatic N) is 1. The molecule has 0 aliphatic rings. The molecule has 1 heterocycles. The number of aromatic amines is 1. The van der Waals surface area contributed by atoms with Crippen LogP contribution in [0.15, 0.2) is 41.3 Å². The Morgan fingerprint density at radius 3 is 2.60 bits per heavy atom. The van der Waals surface area contributed by atoms with Crippen molar-refractivity contribution in [2.24, 2.45) is 0 Å². The number of carbonyl (C=O) groups is 1. The van der Waals surface area contributed by atoms with Gasteiger partial charge in [-0.15, -0.1) is 0 Å². The van der Waals surface area contributed by atoms with Crippen LogP contribution in [0.1, 0.15) is 15.9 Å². The standard InChI is InChI=1S/C14H12Cl2N2O2/c1-18(8-9-2-3-11(15)12(16)6-9)14(20)10-4-5-17-13(19)7-10/h2-7H,8H2,1H3,(H,17,19). The topological polar surface area (TPSA) is 53.2 Å². The second-order valence-corrected chi connectivity index (χ2v) is 5.17. The fraction of sp³-hybridized carbons (Fsp3) is 0.143. The van der Waals surface area contributed by atoms with Gasteiger partial charge >= 0.3 is 0 Å². The van der Waals surface area contributed by atoms with Crippen molar-refractivity contribution in [2.45, 2.75) is 6.54 Å². The molecule has 4 nitrogen and oxygen atoms in total. The quantitative estimate of drug-likeness (QED) is 0.947. The minimum atomic E-state index is -0.307. The van der Waals surface area contributed by atoms with E-state index in [4.69, 9.17) is 23.2 Å². The molecule has 0 atom stereocenters. The Morgan fingerprint density at radius 1 is 1.20 bits per heavy atom.